The minimum Gasteiger partial charge on any atom is -0.326 e. The molecular weight excluding hydrogens is 333 g/mol. The van der Waals surface area contributed by atoms with Crippen LogP contribution in [0, 0.1) is 5.92 Å². The van der Waals surface area contributed by atoms with Crippen molar-refractivity contribution >= 4 is 36.4 Å². The highest BCUT2D eigenvalue weighted by Crippen LogP contribution is 2.32. The molecule has 0 saturated heterocycles. The number of rotatable bonds is 4. The Balaban J connectivity index is 0.00000242. The third-order valence-corrected chi connectivity index (χ3v) is 4.26. The van der Waals surface area contributed by atoms with E-state index in [1.54, 1.807) is 0 Å². The number of benzene rings is 1. The van der Waals surface area contributed by atoms with E-state index in [1.165, 1.54) is 5.56 Å². The molecule has 1 aromatic rings. The van der Waals surface area contributed by atoms with E-state index >= 15 is 0 Å². The molecule has 1 aliphatic rings. The van der Waals surface area contributed by atoms with Crippen molar-refractivity contribution in [1.82, 2.24) is 4.90 Å². The lowest BCUT2D eigenvalue weighted by molar-refractivity contribution is -0.122. The van der Waals surface area contributed by atoms with E-state index in [0.717, 1.165) is 37.9 Å². The van der Waals surface area contributed by atoms with E-state index in [-0.39, 0.29) is 42.2 Å². The second-order valence-electron chi connectivity index (χ2n) is 6.73. The summed E-state index contributed by atoms with van der Waals surface area (Å²) in [6.07, 6.45) is 4.02. The van der Waals surface area contributed by atoms with Crippen molar-refractivity contribution in [3.8, 4) is 0 Å². The molecule has 3 N–H and O–H groups in total. The molecule has 23 heavy (non-hydrogen) atoms. The van der Waals surface area contributed by atoms with Gasteiger partial charge in [-0.3, -0.25) is 4.79 Å². The number of nitrogens with two attached hydrogens (primary N) is 1. The number of nitrogens with zero attached hydrogens (tertiary/aromatic N) is 1. The van der Waals surface area contributed by atoms with Gasteiger partial charge < -0.3 is 16.0 Å². The highest BCUT2D eigenvalue weighted by molar-refractivity contribution is 5.93. The second kappa shape index (κ2) is 9.48. The summed E-state index contributed by atoms with van der Waals surface area (Å²) in [7, 11) is 4.07. The summed E-state index contributed by atoms with van der Waals surface area (Å²) in [4.78, 5) is 14.6. The van der Waals surface area contributed by atoms with Crippen molar-refractivity contribution in [1.29, 1.82) is 0 Å². The van der Waals surface area contributed by atoms with E-state index < -0.39 is 0 Å². The predicted octanol–water partition coefficient (Wildman–Crippen LogP) is 3.44. The lowest BCUT2D eigenvalue weighted by Crippen LogP contribution is -2.51. The Kier molecular flexibility index (Phi) is 9.14. The summed E-state index contributed by atoms with van der Waals surface area (Å²) < 4.78 is 0. The van der Waals surface area contributed by atoms with Gasteiger partial charge in [0.15, 0.2) is 0 Å². The summed E-state index contributed by atoms with van der Waals surface area (Å²) in [6, 6.07) is 8.03. The van der Waals surface area contributed by atoms with Crippen molar-refractivity contribution in [2.24, 2.45) is 11.7 Å². The lowest BCUT2D eigenvalue weighted by Gasteiger charge is -2.37. The Morgan fingerprint density at radius 1 is 1.35 bits per heavy atom. The third kappa shape index (κ3) is 6.30. The van der Waals surface area contributed by atoms with E-state index in [1.807, 2.05) is 39.2 Å². The minimum absolute atomic E-state index is 0. The Labute approximate surface area is 152 Å². The van der Waals surface area contributed by atoms with Gasteiger partial charge in [0.2, 0.25) is 5.91 Å². The zero-order chi connectivity index (χ0) is 15.5. The highest BCUT2D eigenvalue weighted by atomic mass is 35.5. The van der Waals surface area contributed by atoms with Crippen LogP contribution in [0.1, 0.15) is 38.2 Å². The van der Waals surface area contributed by atoms with Crippen LogP contribution in [0.5, 0.6) is 0 Å². The number of halogens is 2. The van der Waals surface area contributed by atoms with Gasteiger partial charge in [0.1, 0.15) is 0 Å². The molecule has 4 nitrogen and oxygen atoms in total. The molecule has 0 aromatic heterocycles. The average molecular weight is 362 g/mol. The van der Waals surface area contributed by atoms with Crippen LogP contribution in [-0.2, 0) is 11.3 Å². The molecule has 0 bridgehead atoms. The molecule has 0 radical (unpaired) electrons. The van der Waals surface area contributed by atoms with Gasteiger partial charge >= 0.3 is 0 Å². The standard InChI is InChI=1S/C17H27N3O.2ClH/c1-17(18)10-5-4-9-15(17)16(21)19-14-8-6-7-13(11-14)12-20(2)3;;/h6-8,11,15H,4-5,9-10,12,18H2,1-3H3,(H,19,21);2*1H. The molecule has 0 heterocycles. The van der Waals surface area contributed by atoms with Crippen molar-refractivity contribution in [2.45, 2.75) is 44.7 Å². The molecule has 2 atom stereocenters. The first kappa shape index (κ1) is 22.2. The fraction of sp³-hybridized carbons (Fsp3) is 0.588. The van der Waals surface area contributed by atoms with Crippen LogP contribution < -0.4 is 11.1 Å². The number of carbonyl (C=O) groups excluding carboxylic acids is 1. The van der Waals surface area contributed by atoms with Crippen LogP contribution in [0.25, 0.3) is 0 Å². The molecule has 1 saturated carbocycles. The molecular formula is C17H29Cl2N3O. The van der Waals surface area contributed by atoms with Gasteiger partial charge in [-0.15, -0.1) is 24.8 Å². The minimum atomic E-state index is -0.385. The normalized spacial score (nSPS) is 23.6. The predicted molar refractivity (Wildman–Crippen MR) is 102 cm³/mol. The molecule has 0 aliphatic heterocycles. The number of hydrogen-bond donors (Lipinski definition) is 2. The SMILES string of the molecule is CN(C)Cc1cccc(NC(=O)C2CCCCC2(C)N)c1.Cl.Cl. The molecule has 6 heteroatoms. The summed E-state index contributed by atoms with van der Waals surface area (Å²) in [5, 5.41) is 3.04. The maximum atomic E-state index is 12.5. The van der Waals surface area contributed by atoms with Gasteiger partial charge in [0, 0.05) is 17.8 Å². The topological polar surface area (TPSA) is 58.4 Å². The Morgan fingerprint density at radius 2 is 2.04 bits per heavy atom. The summed E-state index contributed by atoms with van der Waals surface area (Å²) in [6.45, 7) is 2.86. The Morgan fingerprint density at radius 3 is 2.65 bits per heavy atom. The van der Waals surface area contributed by atoms with Crippen LogP contribution in [0.3, 0.4) is 0 Å². The zero-order valence-corrected chi connectivity index (χ0v) is 15.8. The van der Waals surface area contributed by atoms with Crippen LogP contribution >= 0.6 is 24.8 Å². The maximum Gasteiger partial charge on any atom is 0.229 e. The molecule has 132 valence electrons. The van der Waals surface area contributed by atoms with E-state index in [4.69, 9.17) is 5.73 Å². The summed E-state index contributed by atoms with van der Waals surface area (Å²) in [5.74, 6) is -0.0366. The van der Waals surface area contributed by atoms with Gasteiger partial charge in [-0.2, -0.15) is 0 Å². The van der Waals surface area contributed by atoms with Crippen molar-refractivity contribution in [3.63, 3.8) is 0 Å². The van der Waals surface area contributed by atoms with Crippen molar-refractivity contribution in [2.75, 3.05) is 19.4 Å². The van der Waals surface area contributed by atoms with Crippen LogP contribution in [0.2, 0.25) is 0 Å². The number of amides is 1. The second-order valence-corrected chi connectivity index (χ2v) is 6.73. The number of anilines is 1. The summed E-state index contributed by atoms with van der Waals surface area (Å²) >= 11 is 0. The first-order valence-corrected chi connectivity index (χ1v) is 7.72. The largest absolute Gasteiger partial charge is 0.326 e. The Hall–Kier alpha value is -0.810. The first-order valence-electron chi connectivity index (χ1n) is 7.72. The van der Waals surface area contributed by atoms with Crippen LogP contribution in [0.4, 0.5) is 5.69 Å². The monoisotopic (exact) mass is 361 g/mol. The third-order valence-electron chi connectivity index (χ3n) is 4.26. The molecule has 1 aliphatic carbocycles. The average Bonchev–Trinajstić information content (AvgIpc) is 2.37. The van der Waals surface area contributed by atoms with Crippen LogP contribution in [0.15, 0.2) is 24.3 Å². The van der Waals surface area contributed by atoms with Gasteiger partial charge in [-0.05, 0) is 51.6 Å². The first-order chi connectivity index (χ1) is 9.88. The highest BCUT2D eigenvalue weighted by Gasteiger charge is 2.37. The van der Waals surface area contributed by atoms with E-state index in [0.29, 0.717) is 0 Å². The lowest BCUT2D eigenvalue weighted by atomic mass is 9.74. The zero-order valence-electron chi connectivity index (χ0n) is 14.2. The molecule has 2 rings (SSSR count). The van der Waals surface area contributed by atoms with Crippen molar-refractivity contribution < 1.29 is 4.79 Å². The van der Waals surface area contributed by atoms with E-state index in [9.17, 15) is 4.79 Å². The quantitative estimate of drug-likeness (QED) is 0.863. The molecule has 1 amide bonds. The van der Waals surface area contributed by atoms with Gasteiger partial charge in [0.25, 0.3) is 0 Å². The smallest absolute Gasteiger partial charge is 0.229 e. The van der Waals surface area contributed by atoms with Gasteiger partial charge in [-0.1, -0.05) is 25.0 Å². The van der Waals surface area contributed by atoms with Crippen LogP contribution in [-0.4, -0.2) is 30.4 Å². The van der Waals surface area contributed by atoms with Gasteiger partial charge in [-0.25, -0.2) is 0 Å². The molecule has 1 fully saturated rings. The maximum absolute atomic E-state index is 12.5. The summed E-state index contributed by atoms with van der Waals surface area (Å²) in [5.41, 5.74) is 7.97. The number of hydrogen-bond acceptors (Lipinski definition) is 3. The fourth-order valence-corrected chi connectivity index (χ4v) is 3.13. The molecule has 1 aromatic carbocycles. The number of nitrogens with one attached hydrogen (secondary N) is 1. The molecule has 0 spiro atoms. The number of carbonyl (C=O) groups is 1. The fourth-order valence-electron chi connectivity index (χ4n) is 3.13. The van der Waals surface area contributed by atoms with E-state index in [2.05, 4.69) is 16.3 Å². The van der Waals surface area contributed by atoms with Crippen molar-refractivity contribution in [3.05, 3.63) is 29.8 Å². The van der Waals surface area contributed by atoms with Gasteiger partial charge in [0.05, 0.1) is 5.92 Å². The molecule has 2 unspecified atom stereocenters. The Bertz CT molecular complexity index is 506.